The van der Waals surface area contributed by atoms with Crippen molar-refractivity contribution in [2.24, 2.45) is 40.2 Å². The molecule has 4 aromatic carbocycles. The summed E-state index contributed by atoms with van der Waals surface area (Å²) in [4.78, 5) is 120. The molecule has 0 bridgehead atoms. The van der Waals surface area contributed by atoms with E-state index in [0.29, 0.717) is 80.5 Å². The van der Waals surface area contributed by atoms with Crippen molar-refractivity contribution in [3.8, 4) is 17.6 Å². The third-order valence-electron chi connectivity index (χ3n) is 21.8. The molecule has 10 rings (SSSR count). The van der Waals surface area contributed by atoms with E-state index in [-0.39, 0.29) is 133 Å². The van der Waals surface area contributed by atoms with Crippen molar-refractivity contribution in [1.82, 2.24) is 21.3 Å². The van der Waals surface area contributed by atoms with Gasteiger partial charge < -0.3 is 80.2 Å². The molecule has 0 aromatic heterocycles. The summed E-state index contributed by atoms with van der Waals surface area (Å²) >= 11 is 0. The number of rotatable bonds is 39. The highest BCUT2D eigenvalue weighted by atomic mass is 19.1. The maximum atomic E-state index is 18.0. The number of nitrogens with zero attached hydrogens (tertiary/aromatic N) is 1. The topological polar surface area (TPSA) is 337 Å². The first-order valence-corrected chi connectivity index (χ1v) is 37.6. The van der Waals surface area contributed by atoms with Crippen molar-refractivity contribution in [3.63, 3.8) is 0 Å². The van der Waals surface area contributed by atoms with E-state index in [1.807, 2.05) is 55.5 Å². The van der Waals surface area contributed by atoms with Gasteiger partial charge in [-0.3, -0.25) is 33.6 Å². The minimum atomic E-state index is -2.34. The maximum Gasteiger partial charge on any atom is 0.407 e. The third-order valence-corrected chi connectivity index (χ3v) is 21.8. The molecule has 586 valence electrons. The number of ether oxygens (including phenoxy) is 8. The SMILES string of the molecule is CCCC1O[C@@H]2C[C@H]3[C@@H]4C[C@H](F)C5=CC(=O)C=C[C@]5(C)[C@@]4(F)[C@@H](O)C[C@]3(C)[C@]2(C(=O)COc2ccc(CNC(=O)OCc3ccc(NC(=O)[C@H](CCCNC(N)=O)CC(=O)[C@@H](NC(=O)CCOCCOCCOCCOCCNC(=O)CCC(=O)N4Cc5ccccc5C#Cc5ccccc54)C(C)C)cc3)cc2)O1. The minimum absolute atomic E-state index is 0.0119. The van der Waals surface area contributed by atoms with Crippen molar-refractivity contribution in [2.75, 3.05) is 82.8 Å². The number of benzene rings is 4. The number of primary amides is 1. The molecule has 1 unspecified atom stereocenters. The van der Waals surface area contributed by atoms with Gasteiger partial charge in [0.25, 0.3) is 0 Å². The Morgan fingerprint density at radius 3 is 2.14 bits per heavy atom. The smallest absolute Gasteiger partial charge is 0.407 e. The number of fused-ring (bicyclic) bond motifs is 9. The number of nitrogens with two attached hydrogens (primary N) is 1. The molecule has 3 saturated carbocycles. The summed E-state index contributed by atoms with van der Waals surface area (Å²) in [5, 5.41) is 25.6. The second kappa shape index (κ2) is 37.9. The van der Waals surface area contributed by atoms with Gasteiger partial charge in [-0.2, -0.15) is 0 Å². The van der Waals surface area contributed by atoms with Crippen LogP contribution in [0.15, 0.2) is 121 Å². The quantitative estimate of drug-likeness (QED) is 0.0162. The highest BCUT2D eigenvalue weighted by Crippen LogP contribution is 2.72. The lowest BCUT2D eigenvalue weighted by molar-refractivity contribution is -0.234. The molecule has 12 atom stereocenters. The van der Waals surface area contributed by atoms with E-state index in [1.54, 1.807) is 74.2 Å². The van der Waals surface area contributed by atoms with Gasteiger partial charge in [0, 0.05) is 84.8 Å². The van der Waals surface area contributed by atoms with Gasteiger partial charge in [0.15, 0.2) is 29.1 Å². The second-order valence-electron chi connectivity index (χ2n) is 29.3. The number of carbonyl (C=O) groups excluding carboxylic acids is 9. The Bertz CT molecular complexity index is 4040. The summed E-state index contributed by atoms with van der Waals surface area (Å²) in [6, 6.07) is 26.8. The van der Waals surface area contributed by atoms with Gasteiger partial charge in [0.05, 0.1) is 83.3 Å². The molecule has 2 aliphatic heterocycles. The van der Waals surface area contributed by atoms with Gasteiger partial charge in [-0.05, 0) is 134 Å². The highest BCUT2D eigenvalue weighted by Gasteiger charge is 2.80. The van der Waals surface area contributed by atoms with Crippen molar-refractivity contribution < 1.29 is 94.9 Å². The average molecular weight is 1510 g/mol. The van der Waals surface area contributed by atoms with Gasteiger partial charge >= 0.3 is 12.1 Å². The predicted octanol–water partition coefficient (Wildman–Crippen LogP) is 8.67. The summed E-state index contributed by atoms with van der Waals surface area (Å²) in [5.41, 5.74) is 3.47. The summed E-state index contributed by atoms with van der Waals surface area (Å²) in [6.45, 7) is 11.1. The summed E-state index contributed by atoms with van der Waals surface area (Å²) < 4.78 is 81.1. The van der Waals surface area contributed by atoms with E-state index in [1.165, 1.54) is 19.1 Å². The molecule has 0 radical (unpaired) electrons. The van der Waals surface area contributed by atoms with Crippen LogP contribution in [0, 0.1) is 46.3 Å². The van der Waals surface area contributed by atoms with Crippen LogP contribution in [0.5, 0.6) is 5.75 Å². The number of hydrogen-bond acceptors (Lipinski definition) is 18. The van der Waals surface area contributed by atoms with E-state index < -0.39 is 113 Å². The Morgan fingerprint density at radius 2 is 1.43 bits per heavy atom. The Morgan fingerprint density at radius 1 is 0.761 bits per heavy atom. The van der Waals surface area contributed by atoms with Crippen LogP contribution in [0.25, 0.3) is 0 Å². The number of Topliss-reactive ketones (excluding diaryl/α,β-unsaturated/α-hetero) is 2. The largest absolute Gasteiger partial charge is 0.486 e. The summed E-state index contributed by atoms with van der Waals surface area (Å²) in [7, 11) is 0. The van der Waals surface area contributed by atoms with Crippen LogP contribution in [-0.4, -0.2) is 173 Å². The lowest BCUT2D eigenvalue weighted by atomic mass is 9.44. The average Bonchev–Trinajstić information content (AvgIpc) is 1.54. The van der Waals surface area contributed by atoms with Crippen LogP contribution < -0.4 is 42.0 Å². The lowest BCUT2D eigenvalue weighted by Crippen LogP contribution is -2.71. The molecule has 8 N–H and O–H groups in total. The second-order valence-corrected chi connectivity index (χ2v) is 29.3. The number of carbonyl (C=O) groups is 9. The van der Waals surface area contributed by atoms with E-state index in [2.05, 4.69) is 38.4 Å². The molecule has 7 amide bonds. The number of urea groups is 1. The molecular formula is C82H101F2N7O18. The zero-order valence-corrected chi connectivity index (χ0v) is 62.5. The van der Waals surface area contributed by atoms with E-state index in [4.69, 9.17) is 43.6 Å². The standard InChI is InChI=1S/C82H101F2N7O18/c1-6-12-74-108-70-46-62-63-45-65(83)64-44-60(92)30-32-79(64,4)81(63,84)68(94)47-80(62,5)82(70,109-74)69(95)51-106-61-26-20-53(21-27-61)48-88-78(101)107-50-54-18-24-59(25-19-54)89-76(99)57(16-11-33-87-77(85)100)43-67(93)75(52(2)3)90-72(97)31-35-102-37-39-104-41-42-105-40-38-103-36-34-86-71(96)28-29-73(98)91-49-58-15-8-7-13-55(58)22-23-56-14-9-10-17-66(56)91/h7-10,13-15,17-21,24-27,30,32,44,52,57,62-63,65,68,70,74-75,94H,6,11-12,16,28-29,31,33-43,45-51H2,1-5H3,(H,86,96)(H,88,101)(H,89,99)(H,90,97)(H3,85,87,100)/t57-,62+,63+,65+,68+,70-,74?,75+,79+,80+,81+,82-/m1/s1. The number of amides is 7. The highest BCUT2D eigenvalue weighted by molar-refractivity contribution is 6.02. The van der Waals surface area contributed by atoms with Gasteiger partial charge in [-0.25, -0.2) is 18.4 Å². The number of aliphatic hydroxyl groups excluding tert-OH is 1. The van der Waals surface area contributed by atoms with Gasteiger partial charge in [-0.1, -0.05) is 107 Å². The van der Waals surface area contributed by atoms with E-state index in [9.17, 15) is 48.3 Å². The lowest BCUT2D eigenvalue weighted by Gasteiger charge is -2.63. The molecule has 4 fully saturated rings. The van der Waals surface area contributed by atoms with Crippen molar-refractivity contribution in [2.45, 2.75) is 167 Å². The number of nitrogens with one attached hydrogen (secondary N) is 5. The van der Waals surface area contributed by atoms with E-state index >= 15 is 8.78 Å². The Hall–Kier alpha value is -9.27. The molecule has 27 heteroatoms. The zero-order chi connectivity index (χ0) is 77.9. The fourth-order valence-electron chi connectivity index (χ4n) is 16.1. The third kappa shape index (κ3) is 19.8. The number of halogens is 2. The molecule has 6 aliphatic rings. The fraction of sp³-hybridized carbons (Fsp3) is 0.524. The Labute approximate surface area is 634 Å². The van der Waals surface area contributed by atoms with Gasteiger partial charge in [-0.15, -0.1) is 0 Å². The van der Waals surface area contributed by atoms with Gasteiger partial charge in [0.1, 0.15) is 25.1 Å². The zero-order valence-electron chi connectivity index (χ0n) is 62.5. The van der Waals surface area contributed by atoms with Gasteiger partial charge in [0.2, 0.25) is 29.4 Å². The van der Waals surface area contributed by atoms with Crippen LogP contribution in [0.4, 0.5) is 29.7 Å². The Balaban J connectivity index is 0.586. The molecule has 109 heavy (non-hydrogen) atoms. The minimum Gasteiger partial charge on any atom is -0.486 e. The monoisotopic (exact) mass is 1510 g/mol. The number of ketones is 3. The number of alkyl carbamates (subject to hydrolysis) is 1. The number of hydrogen-bond donors (Lipinski definition) is 7. The fourth-order valence-corrected chi connectivity index (χ4v) is 16.1. The first-order valence-electron chi connectivity index (χ1n) is 37.6. The molecule has 25 nitrogen and oxygen atoms in total. The number of alkyl halides is 2. The molecule has 4 aliphatic carbocycles. The van der Waals surface area contributed by atoms with Crippen LogP contribution in [0.3, 0.4) is 0 Å². The van der Waals surface area contributed by atoms with Crippen molar-refractivity contribution in [1.29, 1.82) is 0 Å². The number of para-hydroxylation sites is 1. The van der Waals surface area contributed by atoms with Crippen molar-refractivity contribution >= 4 is 64.5 Å². The molecule has 2 heterocycles. The molecular weight excluding hydrogens is 1410 g/mol. The Kier molecular flexibility index (Phi) is 28.6. The number of allylic oxidation sites excluding steroid dienone is 4. The van der Waals surface area contributed by atoms with E-state index in [0.717, 1.165) is 22.8 Å². The predicted molar refractivity (Wildman–Crippen MR) is 397 cm³/mol. The summed E-state index contributed by atoms with van der Waals surface area (Å²) in [6.07, 6.45) is -0.545. The van der Waals surface area contributed by atoms with Crippen LogP contribution in [0.2, 0.25) is 0 Å². The molecule has 0 spiro atoms. The van der Waals surface area contributed by atoms with Crippen LogP contribution in [0.1, 0.15) is 133 Å². The first kappa shape index (κ1) is 82.2. The number of aliphatic hydroxyl groups is 1. The molecule has 1 saturated heterocycles. The first-order chi connectivity index (χ1) is 52.4. The normalized spacial score (nSPS) is 24.6. The summed E-state index contributed by atoms with van der Waals surface area (Å²) in [5.74, 6) is 1.32. The van der Waals surface area contributed by atoms with Crippen LogP contribution >= 0.6 is 0 Å². The maximum absolute atomic E-state index is 18.0. The molecule has 4 aromatic rings. The van der Waals surface area contributed by atoms with Crippen LogP contribution in [-0.2, 0) is 86.4 Å². The van der Waals surface area contributed by atoms with Crippen molar-refractivity contribution in [3.05, 3.63) is 149 Å². The number of anilines is 2.